The normalized spacial score (nSPS) is 33.8. The van der Waals surface area contributed by atoms with Gasteiger partial charge in [-0.1, -0.05) is 119 Å². The maximum Gasteiger partial charge on any atom is 0.334 e. The van der Waals surface area contributed by atoms with Gasteiger partial charge in [0.15, 0.2) is 0 Å². The summed E-state index contributed by atoms with van der Waals surface area (Å²) in [5, 5.41) is 0. The first-order valence-electron chi connectivity index (χ1n) is 39.3. The number of carbonyl (C=O) groups excluding carboxylic acids is 8. The summed E-state index contributed by atoms with van der Waals surface area (Å²) in [5.41, 5.74) is 10.1. The molecule has 0 N–H and O–H groups in total. The van der Waals surface area contributed by atoms with Gasteiger partial charge in [0.05, 0.1) is 48.5 Å². The SMILES string of the molecule is C=C1OC2CC3=C[C@@H](C/C(C)=C/[C@@H](OC(=O)/C=C/c4cccc(OC)c4)[C@@H]2C1=C)OC3=O.C=C1OC2CC3=C[C@@H](C/C(C)=C/[C@@H](OC(=O)C4CC4)[C@@H]2C1=C)OC3=O.C=C1OC2CC3=C[C@@H](C/C(C)=C/[C@@H](OC(=O)C4CCCC4)[C@@H]2C1=C)OC3=O.C=C1OC2CC3=C[C@@H](C/C(C)=C/[C@@H](OC(=O)C4CCCCC4)[C@@H]2C1=C)OC3=O. The molecule has 1 aromatic carbocycles. The third-order valence-electron chi connectivity index (χ3n) is 23.5. The number of esters is 8. The molecule has 16 atom stereocenters. The Labute approximate surface area is 654 Å². The first-order chi connectivity index (χ1) is 53.6. The van der Waals surface area contributed by atoms with Crippen LogP contribution in [0.2, 0.25) is 0 Å². The molecule has 0 spiro atoms. The minimum Gasteiger partial charge on any atom is -0.497 e. The number of carbonyl (C=O) groups is 8. The van der Waals surface area contributed by atoms with Crippen molar-refractivity contribution in [2.75, 3.05) is 7.11 Å². The average molecular weight is 1530 g/mol. The van der Waals surface area contributed by atoms with Gasteiger partial charge in [-0.15, -0.1) is 0 Å². The minimum absolute atomic E-state index is 0.0184. The highest BCUT2D eigenvalue weighted by atomic mass is 16.6. The average Bonchev–Trinajstić information content (AvgIpc) is 1.65. The summed E-state index contributed by atoms with van der Waals surface area (Å²) < 4.78 is 74.3. The molecule has 592 valence electrons. The van der Waals surface area contributed by atoms with E-state index in [2.05, 4.69) is 52.6 Å². The summed E-state index contributed by atoms with van der Waals surface area (Å²) >= 11 is 0. The van der Waals surface area contributed by atoms with Gasteiger partial charge in [-0.05, 0) is 161 Å². The molecule has 112 heavy (non-hydrogen) atoms. The van der Waals surface area contributed by atoms with Gasteiger partial charge in [0, 0.05) is 79.7 Å². The molecule has 21 nitrogen and oxygen atoms in total. The smallest absolute Gasteiger partial charge is 0.334 e. The van der Waals surface area contributed by atoms with Gasteiger partial charge in [0.1, 0.15) is 102 Å². The third kappa shape index (κ3) is 18.5. The summed E-state index contributed by atoms with van der Waals surface area (Å²) in [6.07, 6.45) is 28.5. The maximum atomic E-state index is 12.9. The molecule has 0 aromatic heterocycles. The first kappa shape index (κ1) is 79.6. The lowest BCUT2D eigenvalue weighted by Crippen LogP contribution is -2.35. The number of hydrogen-bond donors (Lipinski definition) is 0. The minimum atomic E-state index is -0.609. The Morgan fingerprint density at radius 3 is 0.973 bits per heavy atom. The number of fused-ring (bicyclic) bond motifs is 8. The maximum absolute atomic E-state index is 12.9. The Bertz CT molecular complexity index is 4400. The molecule has 1 aromatic rings. The summed E-state index contributed by atoms with van der Waals surface area (Å²) in [6.45, 7) is 40.0. The van der Waals surface area contributed by atoms with Crippen LogP contribution in [0.15, 0.2) is 221 Å². The van der Waals surface area contributed by atoms with Crippen LogP contribution in [0, 0.1) is 41.4 Å². The number of benzene rings is 1. The second-order valence-electron chi connectivity index (χ2n) is 32.1. The zero-order valence-electron chi connectivity index (χ0n) is 64.7. The fourth-order valence-electron chi connectivity index (χ4n) is 17.4. The Morgan fingerprint density at radius 2 is 0.670 bits per heavy atom. The topological polar surface area (TPSA) is 257 Å². The number of methoxy groups -OCH3 is 1. The standard InChI is InChI=1S/C26H26O6.C23H28O5.C22H26O5.C20H22O5/c1-15-10-21-13-19(26(28)31-21)14-23-25(16(2)17(3)30-23)22(11-15)32-24(27)9-8-18-6-5-7-20(12-18)29-4;1-13-9-18-11-17(23(25)27-18)12-20-21(14(2)15(3)26-20)19(10-13)28-22(24)16-7-5-4-6-8-16;1-12-8-17-10-16(22(24)26-17)11-19-20(13(2)14(3)25-19)18(9-12)27-21(23)15-6-4-5-7-15;1-10-6-15-8-14(20(22)24-15)9-17-18(11(2)12(3)23-17)16(7-10)25-19(21)13-4-5-13/h5-9,11-13,21-23,25H,2-3,10,14H2,1,4H3;10-11,16,18-21H,2-9,12H2,1H3;9-10,15,17-20H,2-8,11H2,1H3;7-8,13,15-18H,2-6,9H2,1H3/b9-8+,15-11+;13-10+;12-9+;10-7+/t21-,22-,23?,25+;18-,19-,20?,21+;17-,18-,19?,20+;15-,16-,17?,18+/m1111/s1. The Kier molecular flexibility index (Phi) is 24.4. The van der Waals surface area contributed by atoms with E-state index in [1.165, 1.54) is 12.5 Å². The molecule has 8 aliphatic heterocycles. The molecular formula is C91H102O21. The molecule has 16 rings (SSSR count). The zero-order valence-corrected chi connectivity index (χ0v) is 64.7. The lowest BCUT2D eigenvalue weighted by molar-refractivity contribution is -0.156. The van der Waals surface area contributed by atoms with Crippen molar-refractivity contribution in [3.63, 3.8) is 0 Å². The molecule has 21 heteroatoms. The summed E-state index contributed by atoms with van der Waals surface area (Å²) in [5.74, 6) is -0.600. The van der Waals surface area contributed by atoms with Gasteiger partial charge in [-0.3, -0.25) is 14.4 Å². The Morgan fingerprint density at radius 1 is 0.375 bits per heavy atom. The van der Waals surface area contributed by atoms with Gasteiger partial charge in [0.25, 0.3) is 0 Å². The number of hydrogen-bond acceptors (Lipinski definition) is 21. The quantitative estimate of drug-likeness (QED) is 0.0912. The van der Waals surface area contributed by atoms with E-state index in [0.717, 1.165) is 109 Å². The Hall–Kier alpha value is -10.4. The number of rotatable bonds is 10. The van der Waals surface area contributed by atoms with Gasteiger partial charge in [-0.2, -0.15) is 0 Å². The molecule has 0 radical (unpaired) electrons. The van der Waals surface area contributed by atoms with Crippen LogP contribution in [0.3, 0.4) is 0 Å². The van der Waals surface area contributed by atoms with E-state index >= 15 is 0 Å². The van der Waals surface area contributed by atoms with Crippen LogP contribution in [0.1, 0.15) is 155 Å². The fraction of sp³-hybridized carbons (Fsp3) is 0.473. The van der Waals surface area contributed by atoms with Crippen molar-refractivity contribution in [3.8, 4) is 5.75 Å². The van der Waals surface area contributed by atoms with E-state index in [1.54, 1.807) is 13.2 Å². The van der Waals surface area contributed by atoms with Gasteiger partial charge in [-0.25, -0.2) is 24.0 Å². The number of allylic oxidation sites excluding steroid dienone is 4. The monoisotopic (exact) mass is 1530 g/mol. The molecule has 4 unspecified atom stereocenters. The highest BCUT2D eigenvalue weighted by molar-refractivity contribution is 5.93. The second-order valence-corrected chi connectivity index (χ2v) is 32.1. The molecule has 0 amide bonds. The highest BCUT2D eigenvalue weighted by Gasteiger charge is 2.50. The largest absolute Gasteiger partial charge is 0.497 e. The van der Waals surface area contributed by atoms with Crippen LogP contribution in [-0.2, 0) is 95.2 Å². The second kappa shape index (κ2) is 34.3. The van der Waals surface area contributed by atoms with Crippen molar-refractivity contribution in [1.29, 1.82) is 0 Å². The molecule has 3 saturated carbocycles. The summed E-state index contributed by atoms with van der Waals surface area (Å²) in [7, 11) is 1.59. The summed E-state index contributed by atoms with van der Waals surface area (Å²) in [4.78, 5) is 99.3. The van der Waals surface area contributed by atoms with Crippen molar-refractivity contribution in [3.05, 3.63) is 227 Å². The lowest BCUT2D eigenvalue weighted by atomic mass is 9.84. The van der Waals surface area contributed by atoms with E-state index in [1.807, 2.05) is 101 Å². The lowest BCUT2D eigenvalue weighted by Gasteiger charge is -2.29. The van der Waals surface area contributed by atoms with Crippen LogP contribution >= 0.6 is 0 Å². The van der Waals surface area contributed by atoms with Crippen molar-refractivity contribution < 1.29 is 99.9 Å². The van der Waals surface area contributed by atoms with Gasteiger partial charge in [0.2, 0.25) is 0 Å². The van der Waals surface area contributed by atoms with Crippen LogP contribution in [-0.4, -0.2) is 128 Å². The van der Waals surface area contributed by atoms with Crippen molar-refractivity contribution in [2.24, 2.45) is 41.4 Å². The third-order valence-corrected chi connectivity index (χ3v) is 23.5. The molecule has 4 saturated heterocycles. The number of ether oxygens (including phenoxy) is 13. The zero-order chi connectivity index (χ0) is 79.5. The molecule has 7 fully saturated rings. The van der Waals surface area contributed by atoms with E-state index in [0.29, 0.717) is 108 Å². The molecule has 8 heterocycles. The van der Waals surface area contributed by atoms with E-state index in [4.69, 9.17) is 61.6 Å². The van der Waals surface area contributed by atoms with Crippen molar-refractivity contribution in [2.45, 2.75) is 223 Å². The van der Waals surface area contributed by atoms with Crippen LogP contribution in [0.5, 0.6) is 5.75 Å². The summed E-state index contributed by atoms with van der Waals surface area (Å²) in [6, 6.07) is 7.37. The van der Waals surface area contributed by atoms with Gasteiger partial charge < -0.3 is 61.6 Å². The fourth-order valence-corrected chi connectivity index (χ4v) is 17.4. The van der Waals surface area contributed by atoms with E-state index in [-0.39, 0.29) is 126 Å². The van der Waals surface area contributed by atoms with E-state index < -0.39 is 36.5 Å². The molecule has 15 aliphatic rings. The molecular weight excluding hydrogens is 1430 g/mol. The van der Waals surface area contributed by atoms with Crippen molar-refractivity contribution in [1.82, 2.24) is 0 Å². The predicted molar refractivity (Wildman–Crippen MR) is 413 cm³/mol. The Balaban J connectivity index is 0.000000131. The van der Waals surface area contributed by atoms with Crippen LogP contribution in [0.4, 0.5) is 0 Å². The molecule has 8 bridgehead atoms. The van der Waals surface area contributed by atoms with Crippen molar-refractivity contribution >= 4 is 53.8 Å². The highest BCUT2D eigenvalue weighted by Crippen LogP contribution is 2.48. The van der Waals surface area contributed by atoms with Crippen LogP contribution < -0.4 is 4.74 Å². The van der Waals surface area contributed by atoms with Crippen LogP contribution in [0.25, 0.3) is 6.08 Å². The van der Waals surface area contributed by atoms with E-state index in [9.17, 15) is 38.4 Å². The van der Waals surface area contributed by atoms with Gasteiger partial charge >= 0.3 is 47.8 Å². The first-order valence-corrected chi connectivity index (χ1v) is 39.3. The molecule has 7 aliphatic carbocycles. The predicted octanol–water partition coefficient (Wildman–Crippen LogP) is 15.2.